The predicted octanol–water partition coefficient (Wildman–Crippen LogP) is 1.00. The molecule has 20 heavy (non-hydrogen) atoms. The lowest BCUT2D eigenvalue weighted by molar-refractivity contribution is 0.0949. The number of aromatic nitrogens is 1. The van der Waals surface area contributed by atoms with Crippen LogP contribution in [0.3, 0.4) is 0 Å². The molecular weight excluding hydrogens is 292 g/mol. The molecule has 0 bridgehead atoms. The minimum atomic E-state index is -0.181. The van der Waals surface area contributed by atoms with E-state index in [1.165, 1.54) is 5.75 Å². The highest BCUT2D eigenvalue weighted by molar-refractivity contribution is 8.06. The summed E-state index contributed by atoms with van der Waals surface area (Å²) in [6, 6.07) is 3.38. The molecule has 0 saturated carbocycles. The van der Waals surface area contributed by atoms with Gasteiger partial charge in [0.1, 0.15) is 12.3 Å². The van der Waals surface area contributed by atoms with Crippen LogP contribution >= 0.6 is 23.5 Å². The summed E-state index contributed by atoms with van der Waals surface area (Å²) in [4.78, 5) is 16.0. The van der Waals surface area contributed by atoms with E-state index in [1.54, 1.807) is 18.3 Å². The van der Waals surface area contributed by atoms with Gasteiger partial charge in [0.05, 0.1) is 0 Å². The van der Waals surface area contributed by atoms with Gasteiger partial charge in [-0.2, -0.15) is 23.5 Å². The van der Waals surface area contributed by atoms with Gasteiger partial charge in [0.15, 0.2) is 0 Å². The molecule has 1 unspecified atom stereocenters. The number of carbonyl (C=O) groups excluding carboxylic acids is 1. The smallest absolute Gasteiger partial charge is 0.269 e. The van der Waals surface area contributed by atoms with Gasteiger partial charge in [0.25, 0.3) is 5.91 Å². The van der Waals surface area contributed by atoms with Crippen LogP contribution in [0.4, 0.5) is 0 Å². The van der Waals surface area contributed by atoms with Crippen molar-refractivity contribution < 1.29 is 9.90 Å². The molecule has 2 N–H and O–H groups in total. The van der Waals surface area contributed by atoms with Crippen molar-refractivity contribution in [2.75, 3.05) is 30.4 Å². The van der Waals surface area contributed by atoms with E-state index in [9.17, 15) is 4.79 Å². The molecule has 2 heterocycles. The van der Waals surface area contributed by atoms with Crippen LogP contribution in [0.5, 0.6) is 0 Å². The average Bonchev–Trinajstić information content (AvgIpc) is 2.52. The number of aliphatic hydroxyl groups is 1. The predicted molar refractivity (Wildman–Crippen MR) is 84.1 cm³/mol. The van der Waals surface area contributed by atoms with Gasteiger partial charge < -0.3 is 10.4 Å². The van der Waals surface area contributed by atoms with Gasteiger partial charge in [0, 0.05) is 40.8 Å². The maximum atomic E-state index is 11.9. The lowest BCUT2D eigenvalue weighted by atomic mass is 10.2. The van der Waals surface area contributed by atoms with E-state index in [1.807, 2.05) is 23.5 Å². The van der Waals surface area contributed by atoms with Gasteiger partial charge >= 0.3 is 0 Å². The Labute approximate surface area is 127 Å². The van der Waals surface area contributed by atoms with Crippen molar-refractivity contribution >= 4 is 29.4 Å². The van der Waals surface area contributed by atoms with Gasteiger partial charge in [0.2, 0.25) is 0 Å². The fourth-order valence-corrected chi connectivity index (χ4v) is 4.31. The molecule has 1 saturated heterocycles. The minimum absolute atomic E-state index is 0.150. The standard InChI is InChI=1S/C14H16N2O2S2/c17-5-1-2-11-3-4-13(15-8-11)14(18)16-9-12-10-19-6-7-20-12/h3-4,8,12,17H,5-7,9-10H2,(H,16,18). The molecule has 1 fully saturated rings. The third-order valence-electron chi connectivity index (χ3n) is 2.68. The largest absolute Gasteiger partial charge is 0.384 e. The molecule has 1 amide bonds. The maximum absolute atomic E-state index is 11.9. The molecule has 106 valence electrons. The fraction of sp³-hybridized carbons (Fsp3) is 0.429. The Morgan fingerprint density at radius 1 is 1.50 bits per heavy atom. The van der Waals surface area contributed by atoms with E-state index in [-0.39, 0.29) is 12.5 Å². The number of hydrogen-bond acceptors (Lipinski definition) is 5. The fourth-order valence-electron chi connectivity index (χ4n) is 1.70. The molecule has 4 nitrogen and oxygen atoms in total. The summed E-state index contributed by atoms with van der Waals surface area (Å²) >= 11 is 3.85. The SMILES string of the molecule is O=C(NCC1CSCCS1)c1ccc(C#CCO)cn1. The molecule has 1 atom stereocenters. The lowest BCUT2D eigenvalue weighted by Gasteiger charge is -2.20. The summed E-state index contributed by atoms with van der Waals surface area (Å²) < 4.78 is 0. The highest BCUT2D eigenvalue weighted by Crippen LogP contribution is 2.23. The molecular formula is C14H16N2O2S2. The number of thioether (sulfide) groups is 2. The Morgan fingerprint density at radius 2 is 2.40 bits per heavy atom. The van der Waals surface area contributed by atoms with Crippen LogP contribution in [0, 0.1) is 11.8 Å². The van der Waals surface area contributed by atoms with Crippen LogP contribution in [0.15, 0.2) is 18.3 Å². The summed E-state index contributed by atoms with van der Waals surface area (Å²) in [6.07, 6.45) is 1.54. The number of nitrogens with zero attached hydrogens (tertiary/aromatic N) is 1. The summed E-state index contributed by atoms with van der Waals surface area (Å²) in [6.45, 7) is 0.504. The first kappa shape index (κ1) is 15.2. The third kappa shape index (κ3) is 4.75. The minimum Gasteiger partial charge on any atom is -0.384 e. The summed E-state index contributed by atoms with van der Waals surface area (Å²) in [5.74, 6) is 8.58. The number of nitrogens with one attached hydrogen (secondary N) is 1. The first-order valence-corrected chi connectivity index (χ1v) is 8.53. The number of amides is 1. The first-order chi connectivity index (χ1) is 9.79. The second-order valence-corrected chi connectivity index (χ2v) is 6.73. The summed E-state index contributed by atoms with van der Waals surface area (Å²) in [5, 5.41) is 12.0. The Bertz CT molecular complexity index is 502. The van der Waals surface area contributed by atoms with Crippen molar-refractivity contribution in [3.05, 3.63) is 29.6 Å². The molecule has 1 aromatic rings. The lowest BCUT2D eigenvalue weighted by Crippen LogP contribution is -2.33. The van der Waals surface area contributed by atoms with Gasteiger partial charge in [-0.15, -0.1) is 0 Å². The zero-order chi connectivity index (χ0) is 14.2. The van der Waals surface area contributed by atoms with Crippen molar-refractivity contribution in [2.24, 2.45) is 0 Å². The molecule has 0 aliphatic carbocycles. The number of pyridine rings is 1. The van der Waals surface area contributed by atoms with Gasteiger partial charge in [-0.3, -0.25) is 4.79 Å². The zero-order valence-corrected chi connectivity index (χ0v) is 12.6. The van der Waals surface area contributed by atoms with E-state index in [0.717, 1.165) is 11.5 Å². The quantitative estimate of drug-likeness (QED) is 0.816. The zero-order valence-electron chi connectivity index (χ0n) is 11.0. The van der Waals surface area contributed by atoms with Crippen molar-refractivity contribution in [2.45, 2.75) is 5.25 Å². The van der Waals surface area contributed by atoms with E-state index >= 15 is 0 Å². The number of rotatable bonds is 3. The van der Waals surface area contributed by atoms with Gasteiger partial charge in [-0.05, 0) is 12.1 Å². The highest BCUT2D eigenvalue weighted by Gasteiger charge is 2.15. The van der Waals surface area contributed by atoms with Crippen molar-refractivity contribution in [3.63, 3.8) is 0 Å². The summed E-state index contributed by atoms with van der Waals surface area (Å²) in [7, 11) is 0. The average molecular weight is 308 g/mol. The molecule has 1 aliphatic rings. The second-order valence-electron chi connectivity index (χ2n) is 4.17. The van der Waals surface area contributed by atoms with Gasteiger partial charge in [-0.1, -0.05) is 11.8 Å². The van der Waals surface area contributed by atoms with Crippen LogP contribution in [0.2, 0.25) is 0 Å². The topological polar surface area (TPSA) is 62.2 Å². The molecule has 1 aliphatic heterocycles. The molecule has 0 aromatic carbocycles. The normalized spacial score (nSPS) is 17.9. The van der Waals surface area contributed by atoms with Crippen molar-refractivity contribution in [3.8, 4) is 11.8 Å². The van der Waals surface area contributed by atoms with E-state index < -0.39 is 0 Å². The third-order valence-corrected chi connectivity index (χ3v) is 5.53. The van der Waals surface area contributed by atoms with Crippen LogP contribution in [-0.4, -0.2) is 51.7 Å². The second kappa shape index (κ2) is 8.20. The number of carbonyl (C=O) groups is 1. The van der Waals surface area contributed by atoms with Gasteiger partial charge in [-0.25, -0.2) is 4.98 Å². The van der Waals surface area contributed by atoms with E-state index in [4.69, 9.17) is 5.11 Å². The molecule has 0 spiro atoms. The molecule has 1 aromatic heterocycles. The van der Waals surface area contributed by atoms with Crippen molar-refractivity contribution in [1.29, 1.82) is 0 Å². The number of hydrogen-bond donors (Lipinski definition) is 2. The molecule has 2 rings (SSSR count). The van der Waals surface area contributed by atoms with Crippen LogP contribution < -0.4 is 5.32 Å². The Hall–Kier alpha value is -1.16. The van der Waals surface area contributed by atoms with Crippen LogP contribution in [-0.2, 0) is 0 Å². The number of aliphatic hydroxyl groups excluding tert-OH is 1. The Balaban J connectivity index is 1.85. The first-order valence-electron chi connectivity index (χ1n) is 6.33. The molecule has 0 radical (unpaired) electrons. The van der Waals surface area contributed by atoms with Crippen LogP contribution in [0.1, 0.15) is 16.1 Å². The Kier molecular flexibility index (Phi) is 6.25. The summed E-state index contributed by atoms with van der Waals surface area (Å²) in [5.41, 5.74) is 1.09. The maximum Gasteiger partial charge on any atom is 0.269 e. The van der Waals surface area contributed by atoms with Crippen LogP contribution in [0.25, 0.3) is 0 Å². The highest BCUT2D eigenvalue weighted by atomic mass is 32.2. The van der Waals surface area contributed by atoms with Crippen molar-refractivity contribution in [1.82, 2.24) is 10.3 Å². The molecule has 6 heteroatoms. The van der Waals surface area contributed by atoms with E-state index in [0.29, 0.717) is 23.1 Å². The monoisotopic (exact) mass is 308 g/mol. The Morgan fingerprint density at radius 3 is 3.05 bits per heavy atom. The van der Waals surface area contributed by atoms with E-state index in [2.05, 4.69) is 22.1 Å².